The van der Waals surface area contributed by atoms with Crippen LogP contribution in [-0.4, -0.2) is 10.9 Å². The minimum Gasteiger partial charge on any atom is -0.301 e. The van der Waals surface area contributed by atoms with Gasteiger partial charge >= 0.3 is 0 Å². The third kappa shape index (κ3) is 3.01. The second kappa shape index (κ2) is 7.42. The van der Waals surface area contributed by atoms with Gasteiger partial charge in [0.1, 0.15) is 0 Å². The Labute approximate surface area is 192 Å². The molecule has 0 saturated heterocycles. The van der Waals surface area contributed by atoms with E-state index in [1.807, 2.05) is 23.6 Å². The van der Waals surface area contributed by atoms with E-state index in [1.165, 1.54) is 39.2 Å². The van der Waals surface area contributed by atoms with Crippen molar-refractivity contribution in [3.63, 3.8) is 0 Å². The van der Waals surface area contributed by atoms with Crippen molar-refractivity contribution in [2.75, 3.05) is 5.32 Å². The molecule has 32 heavy (non-hydrogen) atoms. The van der Waals surface area contributed by atoms with E-state index in [0.29, 0.717) is 5.13 Å². The highest BCUT2D eigenvalue weighted by atomic mass is 32.1. The summed E-state index contributed by atoms with van der Waals surface area (Å²) in [7, 11) is 0. The summed E-state index contributed by atoms with van der Waals surface area (Å²) in [5.74, 6) is 0.383. The summed E-state index contributed by atoms with van der Waals surface area (Å²) in [4.78, 5) is 18.4. The van der Waals surface area contributed by atoms with E-state index in [-0.39, 0.29) is 17.7 Å². The number of hydrogen-bond donors (Lipinski definition) is 1. The van der Waals surface area contributed by atoms with Crippen LogP contribution in [0.25, 0.3) is 0 Å². The molecule has 158 valence electrons. The lowest BCUT2D eigenvalue weighted by atomic mass is 9.52. The molecule has 1 N–H and O–H groups in total. The van der Waals surface area contributed by atoms with E-state index in [1.54, 1.807) is 0 Å². The molecular formula is C28H24N2OS. The number of amides is 1. The van der Waals surface area contributed by atoms with Gasteiger partial charge < -0.3 is 5.32 Å². The fourth-order valence-electron chi connectivity index (χ4n) is 5.68. The van der Waals surface area contributed by atoms with Crippen LogP contribution in [0.3, 0.4) is 0 Å². The molecule has 0 spiro atoms. The maximum atomic E-state index is 13.7. The monoisotopic (exact) mass is 436 g/mol. The van der Waals surface area contributed by atoms with Crippen LogP contribution in [0.1, 0.15) is 58.7 Å². The van der Waals surface area contributed by atoms with Gasteiger partial charge in [0.15, 0.2) is 5.13 Å². The summed E-state index contributed by atoms with van der Waals surface area (Å²) in [6, 6.07) is 27.6. The van der Waals surface area contributed by atoms with Gasteiger partial charge in [-0.2, -0.15) is 0 Å². The molecule has 1 atom stereocenters. The van der Waals surface area contributed by atoms with Crippen molar-refractivity contribution in [2.45, 2.75) is 31.6 Å². The molecule has 0 radical (unpaired) electrons. The average Bonchev–Trinajstić information content (AvgIpc) is 3.26. The van der Waals surface area contributed by atoms with Crippen LogP contribution in [0.2, 0.25) is 0 Å². The van der Waals surface area contributed by atoms with Crippen molar-refractivity contribution in [2.24, 2.45) is 5.41 Å². The lowest BCUT2D eigenvalue weighted by molar-refractivity contribution is -0.126. The number of nitrogens with one attached hydrogen (secondary N) is 1. The fourth-order valence-corrected chi connectivity index (χ4v) is 6.39. The fraction of sp³-hybridized carbons (Fsp3) is 0.214. The molecule has 3 nitrogen and oxygen atoms in total. The van der Waals surface area contributed by atoms with Crippen molar-refractivity contribution < 1.29 is 4.79 Å². The molecule has 1 unspecified atom stereocenters. The minimum atomic E-state index is -0.515. The van der Waals surface area contributed by atoms with E-state index in [9.17, 15) is 4.79 Å². The van der Waals surface area contributed by atoms with E-state index in [2.05, 4.69) is 72.9 Å². The molecule has 0 aliphatic heterocycles. The van der Waals surface area contributed by atoms with Crippen LogP contribution in [0.5, 0.6) is 0 Å². The topological polar surface area (TPSA) is 42.0 Å². The summed E-state index contributed by atoms with van der Waals surface area (Å²) < 4.78 is 0. The molecule has 2 bridgehead atoms. The first-order valence-corrected chi connectivity index (χ1v) is 12.0. The number of fused-ring (bicyclic) bond motifs is 1. The van der Waals surface area contributed by atoms with Crippen LogP contribution in [0.15, 0.2) is 84.2 Å². The lowest BCUT2D eigenvalue weighted by Gasteiger charge is -2.50. The smallest absolute Gasteiger partial charge is 0.233 e. The minimum absolute atomic E-state index is 0.0589. The van der Waals surface area contributed by atoms with Gasteiger partial charge in [-0.1, -0.05) is 78.9 Å². The van der Waals surface area contributed by atoms with Gasteiger partial charge in [-0.25, -0.2) is 4.98 Å². The number of carbonyl (C=O) groups is 1. The zero-order chi connectivity index (χ0) is 21.7. The van der Waals surface area contributed by atoms with Gasteiger partial charge in [0.2, 0.25) is 5.91 Å². The van der Waals surface area contributed by atoms with Gasteiger partial charge in [0, 0.05) is 23.6 Å². The quantitative estimate of drug-likeness (QED) is 0.404. The van der Waals surface area contributed by atoms with Crippen molar-refractivity contribution in [1.29, 1.82) is 0 Å². The Kier molecular flexibility index (Phi) is 4.51. The molecule has 7 rings (SSSR count). The number of hydrogen-bond acceptors (Lipinski definition) is 3. The summed E-state index contributed by atoms with van der Waals surface area (Å²) in [5, 5.41) is 5.90. The van der Waals surface area contributed by atoms with Crippen LogP contribution in [0.4, 0.5) is 5.13 Å². The van der Waals surface area contributed by atoms with Gasteiger partial charge in [0.05, 0.1) is 11.1 Å². The molecule has 4 heteroatoms. The van der Waals surface area contributed by atoms with Crippen molar-refractivity contribution in [1.82, 2.24) is 4.98 Å². The lowest BCUT2D eigenvalue weighted by Crippen LogP contribution is -2.47. The molecule has 3 aliphatic carbocycles. The number of carbonyl (C=O) groups excluding carboxylic acids is 1. The van der Waals surface area contributed by atoms with Crippen molar-refractivity contribution in [3.8, 4) is 0 Å². The number of benzene rings is 3. The molecule has 1 aromatic heterocycles. The molecule has 3 aliphatic rings. The Morgan fingerprint density at radius 3 is 2.19 bits per heavy atom. The first-order valence-electron chi connectivity index (χ1n) is 11.1. The Hall–Kier alpha value is -3.24. The molecule has 0 saturated carbocycles. The first-order chi connectivity index (χ1) is 15.6. The van der Waals surface area contributed by atoms with E-state index >= 15 is 0 Å². The molecule has 0 fully saturated rings. The predicted molar refractivity (Wildman–Crippen MR) is 129 cm³/mol. The van der Waals surface area contributed by atoms with E-state index in [4.69, 9.17) is 4.98 Å². The van der Waals surface area contributed by atoms with Crippen molar-refractivity contribution >= 4 is 22.4 Å². The number of anilines is 1. The Bertz CT molecular complexity index is 1260. The molecule has 1 heterocycles. The highest BCUT2D eigenvalue weighted by molar-refractivity contribution is 7.13. The van der Waals surface area contributed by atoms with Crippen molar-refractivity contribution in [3.05, 3.63) is 118 Å². The van der Waals surface area contributed by atoms with Gasteiger partial charge in [-0.15, -0.1) is 11.3 Å². The van der Waals surface area contributed by atoms with Crippen LogP contribution >= 0.6 is 11.3 Å². The number of thiazole rings is 1. The molecule has 3 aromatic carbocycles. The summed E-state index contributed by atoms with van der Waals surface area (Å²) in [6.07, 6.45) is 1.59. The normalized spacial score (nSPS) is 22.8. The maximum absolute atomic E-state index is 13.7. The van der Waals surface area contributed by atoms with Gasteiger partial charge in [-0.05, 0) is 41.2 Å². The van der Waals surface area contributed by atoms with Gasteiger partial charge in [-0.3, -0.25) is 4.79 Å². The molecular weight excluding hydrogens is 412 g/mol. The summed E-state index contributed by atoms with van der Waals surface area (Å²) in [5.41, 5.74) is 7.04. The Morgan fingerprint density at radius 1 is 0.938 bits per heavy atom. The third-order valence-electron chi connectivity index (χ3n) is 7.15. The average molecular weight is 437 g/mol. The predicted octanol–water partition coefficient (Wildman–Crippen LogP) is 6.36. The summed E-state index contributed by atoms with van der Waals surface area (Å²) in [6.45, 7) is 2.13. The second-order valence-corrected chi connectivity index (χ2v) is 9.98. The first kappa shape index (κ1) is 19.4. The largest absolute Gasteiger partial charge is 0.301 e. The molecule has 4 aromatic rings. The molecule has 1 amide bonds. The third-order valence-corrected chi connectivity index (χ3v) is 7.96. The highest BCUT2D eigenvalue weighted by Gasteiger charge is 2.53. The SMILES string of the molecule is CC1(C(=O)Nc2nc(Cc3ccccc3)cs2)CC2c3ccccc3C1c1ccccc12. The van der Waals surface area contributed by atoms with Crippen LogP contribution in [0, 0.1) is 5.41 Å². The number of rotatable bonds is 4. The zero-order valence-corrected chi connectivity index (χ0v) is 18.7. The standard InChI is InChI=1S/C28H24N2OS/c1-28(26(31)30-27-29-19(17-32-27)15-18-9-3-2-4-10-18)16-24-20-11-5-7-13-22(20)25(28)23-14-8-6-12-21(23)24/h2-14,17,24-25H,15-16H2,1H3,(H,29,30,31). The van der Waals surface area contributed by atoms with E-state index < -0.39 is 5.41 Å². The zero-order valence-electron chi connectivity index (χ0n) is 17.9. The second-order valence-electron chi connectivity index (χ2n) is 9.13. The van der Waals surface area contributed by atoms with Crippen LogP contribution in [-0.2, 0) is 11.2 Å². The number of nitrogens with zero attached hydrogens (tertiary/aromatic N) is 1. The highest BCUT2D eigenvalue weighted by Crippen LogP contribution is 2.61. The maximum Gasteiger partial charge on any atom is 0.233 e. The van der Waals surface area contributed by atoms with Crippen LogP contribution < -0.4 is 5.32 Å². The summed E-state index contributed by atoms with van der Waals surface area (Å²) >= 11 is 1.51. The van der Waals surface area contributed by atoms with Gasteiger partial charge in [0.25, 0.3) is 0 Å². The number of aromatic nitrogens is 1. The Morgan fingerprint density at radius 2 is 1.53 bits per heavy atom. The van der Waals surface area contributed by atoms with E-state index in [0.717, 1.165) is 18.5 Å². The Balaban J connectivity index is 1.30.